The molecule has 2 aromatic rings. The molecule has 0 unspecified atom stereocenters. The minimum absolute atomic E-state index is 0.0943. The lowest BCUT2D eigenvalue weighted by Gasteiger charge is -2.12. The maximum Gasteiger partial charge on any atom is 0.261 e. The molecule has 0 heterocycles. The van der Waals surface area contributed by atoms with E-state index in [1.165, 1.54) is 23.9 Å². The van der Waals surface area contributed by atoms with E-state index >= 15 is 0 Å². The molecule has 2 aromatic carbocycles. The van der Waals surface area contributed by atoms with Crippen LogP contribution in [0.5, 0.6) is 5.75 Å². The first-order valence-corrected chi connectivity index (χ1v) is 9.64. The Kier molecular flexibility index (Phi) is 5.61. The molecule has 0 aromatic heterocycles. The van der Waals surface area contributed by atoms with Crippen molar-refractivity contribution in [3.8, 4) is 5.75 Å². The molecule has 4 nitrogen and oxygen atoms in total. The second-order valence-corrected chi connectivity index (χ2v) is 7.27. The molecule has 0 atom stereocenters. The highest BCUT2D eigenvalue weighted by Crippen LogP contribution is 2.30. The Morgan fingerprint density at radius 1 is 1.23 bits per heavy atom. The van der Waals surface area contributed by atoms with Gasteiger partial charge in [0.25, 0.3) is 10.0 Å². The Morgan fingerprint density at radius 2 is 1.95 bits per heavy atom. The number of para-hydroxylation sites is 1. The number of benzene rings is 2. The molecule has 0 aliphatic rings. The minimum Gasteiger partial charge on any atom is -0.492 e. The van der Waals surface area contributed by atoms with Gasteiger partial charge in [0.1, 0.15) is 5.75 Å². The first-order chi connectivity index (χ1) is 10.5. The second-order valence-electron chi connectivity index (χ2n) is 4.33. The van der Waals surface area contributed by atoms with Crippen molar-refractivity contribution in [2.75, 3.05) is 17.6 Å². The monoisotopic (exact) mass is 357 g/mol. The molecule has 1 N–H and O–H groups in total. The van der Waals surface area contributed by atoms with Crippen molar-refractivity contribution in [1.29, 1.82) is 0 Å². The van der Waals surface area contributed by atoms with Gasteiger partial charge in [-0.3, -0.25) is 4.72 Å². The summed E-state index contributed by atoms with van der Waals surface area (Å²) in [5, 5.41) is 0.267. The maximum absolute atomic E-state index is 12.5. The molecular weight excluding hydrogens is 342 g/mol. The number of hydrogen-bond acceptors (Lipinski definition) is 4. The first kappa shape index (κ1) is 17.0. The first-order valence-electron chi connectivity index (χ1n) is 6.56. The van der Waals surface area contributed by atoms with Crippen LogP contribution in [0.2, 0.25) is 5.02 Å². The minimum atomic E-state index is -3.70. The van der Waals surface area contributed by atoms with Crippen LogP contribution in [0.3, 0.4) is 0 Å². The highest BCUT2D eigenvalue weighted by Gasteiger charge is 2.17. The van der Waals surface area contributed by atoms with Crippen LogP contribution in [0.1, 0.15) is 6.92 Å². The van der Waals surface area contributed by atoms with Crippen molar-refractivity contribution < 1.29 is 13.2 Å². The van der Waals surface area contributed by atoms with Crippen molar-refractivity contribution in [1.82, 2.24) is 0 Å². The zero-order chi connectivity index (χ0) is 16.2. The molecule has 0 bridgehead atoms. The molecule has 118 valence electrons. The fourth-order valence-electron chi connectivity index (χ4n) is 1.85. The van der Waals surface area contributed by atoms with E-state index in [-0.39, 0.29) is 9.92 Å². The molecule has 0 spiro atoms. The van der Waals surface area contributed by atoms with Crippen molar-refractivity contribution in [2.24, 2.45) is 0 Å². The van der Waals surface area contributed by atoms with Crippen LogP contribution in [0.25, 0.3) is 0 Å². The van der Waals surface area contributed by atoms with Gasteiger partial charge in [-0.2, -0.15) is 0 Å². The zero-order valence-electron chi connectivity index (χ0n) is 12.2. The summed E-state index contributed by atoms with van der Waals surface area (Å²) in [4.78, 5) is 0.944. The number of anilines is 1. The van der Waals surface area contributed by atoms with Gasteiger partial charge < -0.3 is 4.74 Å². The largest absolute Gasteiger partial charge is 0.492 e. The van der Waals surface area contributed by atoms with Crippen LogP contribution >= 0.6 is 23.4 Å². The van der Waals surface area contributed by atoms with Crippen molar-refractivity contribution in [2.45, 2.75) is 16.7 Å². The summed E-state index contributed by atoms with van der Waals surface area (Å²) in [7, 11) is -3.70. The fourth-order valence-corrected chi connectivity index (χ4v) is 3.88. The topological polar surface area (TPSA) is 55.4 Å². The quantitative estimate of drug-likeness (QED) is 0.785. The molecule has 22 heavy (non-hydrogen) atoms. The Morgan fingerprint density at radius 3 is 2.59 bits per heavy atom. The lowest BCUT2D eigenvalue weighted by atomic mass is 10.3. The number of rotatable bonds is 6. The Bertz CT molecular complexity index is 763. The van der Waals surface area contributed by atoms with Gasteiger partial charge in [0.05, 0.1) is 22.2 Å². The molecule has 0 fully saturated rings. The van der Waals surface area contributed by atoms with Gasteiger partial charge in [-0.05, 0) is 43.5 Å². The van der Waals surface area contributed by atoms with E-state index < -0.39 is 10.0 Å². The number of sulfonamides is 1. The summed E-state index contributed by atoms with van der Waals surface area (Å²) < 4.78 is 32.8. The van der Waals surface area contributed by atoms with Gasteiger partial charge in [-0.15, -0.1) is 11.8 Å². The van der Waals surface area contributed by atoms with Gasteiger partial charge in [0, 0.05) is 4.90 Å². The molecule has 0 radical (unpaired) electrons. The molecule has 0 saturated carbocycles. The lowest BCUT2D eigenvalue weighted by molar-refractivity contribution is 0.340. The standard InChI is InChI=1S/C15H16ClNO3S2/c1-3-20-14-9-8-11(10-12(14)16)22(18,19)17-13-6-4-5-7-15(13)21-2/h4-10,17H,3H2,1-2H3. The maximum atomic E-state index is 12.5. The van der Waals surface area contributed by atoms with Crippen LogP contribution in [-0.4, -0.2) is 21.3 Å². The number of thioether (sulfide) groups is 1. The predicted octanol–water partition coefficient (Wildman–Crippen LogP) is 4.26. The lowest BCUT2D eigenvalue weighted by Crippen LogP contribution is -2.13. The molecule has 0 aliphatic carbocycles. The Hall–Kier alpha value is -1.37. The van der Waals surface area contributed by atoms with Crippen LogP contribution in [0.4, 0.5) is 5.69 Å². The molecule has 0 aliphatic heterocycles. The van der Waals surface area contributed by atoms with E-state index in [0.29, 0.717) is 18.0 Å². The average molecular weight is 358 g/mol. The average Bonchev–Trinajstić information content (AvgIpc) is 2.49. The third kappa shape index (κ3) is 3.88. The molecule has 7 heteroatoms. The third-order valence-electron chi connectivity index (χ3n) is 2.86. The number of nitrogens with one attached hydrogen (secondary N) is 1. The summed E-state index contributed by atoms with van der Waals surface area (Å²) in [6, 6.07) is 11.6. The third-order valence-corrected chi connectivity index (χ3v) is 5.32. The summed E-state index contributed by atoms with van der Waals surface area (Å²) in [5.74, 6) is 0.465. The van der Waals surface area contributed by atoms with E-state index in [9.17, 15) is 8.42 Å². The summed E-state index contributed by atoms with van der Waals surface area (Å²) in [5.41, 5.74) is 0.542. The van der Waals surface area contributed by atoms with E-state index in [2.05, 4.69) is 4.72 Å². The van der Waals surface area contributed by atoms with E-state index in [0.717, 1.165) is 4.90 Å². The molecular formula is C15H16ClNO3S2. The van der Waals surface area contributed by atoms with Crippen LogP contribution < -0.4 is 9.46 Å². The van der Waals surface area contributed by atoms with Gasteiger partial charge in [0.2, 0.25) is 0 Å². The zero-order valence-corrected chi connectivity index (χ0v) is 14.6. The van der Waals surface area contributed by atoms with Gasteiger partial charge in [0.15, 0.2) is 0 Å². The van der Waals surface area contributed by atoms with Crippen LogP contribution in [0.15, 0.2) is 52.3 Å². The van der Waals surface area contributed by atoms with Gasteiger partial charge >= 0.3 is 0 Å². The normalized spacial score (nSPS) is 11.2. The van der Waals surface area contributed by atoms with Gasteiger partial charge in [-0.25, -0.2) is 8.42 Å². The Labute approximate surface area is 139 Å². The number of halogens is 1. The van der Waals surface area contributed by atoms with Gasteiger partial charge in [-0.1, -0.05) is 23.7 Å². The summed E-state index contributed by atoms with van der Waals surface area (Å²) in [6.45, 7) is 2.30. The predicted molar refractivity (Wildman–Crippen MR) is 91.7 cm³/mol. The highest BCUT2D eigenvalue weighted by molar-refractivity contribution is 7.99. The molecule has 2 rings (SSSR count). The van der Waals surface area contributed by atoms with Crippen LogP contribution in [-0.2, 0) is 10.0 Å². The Balaban J connectivity index is 2.32. The van der Waals surface area contributed by atoms with E-state index in [1.54, 1.807) is 18.2 Å². The summed E-state index contributed by atoms with van der Waals surface area (Å²) in [6.07, 6.45) is 1.89. The molecule has 0 amide bonds. The highest BCUT2D eigenvalue weighted by atomic mass is 35.5. The molecule has 0 saturated heterocycles. The van der Waals surface area contributed by atoms with Crippen molar-refractivity contribution in [3.05, 3.63) is 47.5 Å². The second kappa shape index (κ2) is 7.26. The number of hydrogen-bond donors (Lipinski definition) is 1. The van der Waals surface area contributed by atoms with E-state index in [4.69, 9.17) is 16.3 Å². The fraction of sp³-hybridized carbons (Fsp3) is 0.200. The number of ether oxygens (including phenoxy) is 1. The summed E-state index contributed by atoms with van der Waals surface area (Å²) >= 11 is 7.52. The van der Waals surface area contributed by atoms with Crippen molar-refractivity contribution in [3.63, 3.8) is 0 Å². The smallest absolute Gasteiger partial charge is 0.261 e. The van der Waals surface area contributed by atoms with Crippen molar-refractivity contribution >= 4 is 39.1 Å². The van der Waals surface area contributed by atoms with E-state index in [1.807, 2.05) is 25.3 Å². The SMILES string of the molecule is CCOc1ccc(S(=O)(=O)Nc2ccccc2SC)cc1Cl. The van der Waals surface area contributed by atoms with Crippen LogP contribution in [0, 0.1) is 0 Å².